The van der Waals surface area contributed by atoms with Crippen molar-refractivity contribution in [3.05, 3.63) is 81.0 Å². The van der Waals surface area contributed by atoms with Gasteiger partial charge in [-0.05, 0) is 50.6 Å². The van der Waals surface area contributed by atoms with Crippen LogP contribution < -0.4 is 5.56 Å². The third kappa shape index (κ3) is 3.24. The molecule has 2 aromatic heterocycles. The molecule has 6 heteroatoms. The first-order valence-corrected chi connectivity index (χ1v) is 8.96. The van der Waals surface area contributed by atoms with Gasteiger partial charge in [0.1, 0.15) is 12.4 Å². The fourth-order valence-electron chi connectivity index (χ4n) is 3.27. The minimum atomic E-state index is -0.478. The maximum absolute atomic E-state index is 12.7. The van der Waals surface area contributed by atoms with Crippen molar-refractivity contribution >= 4 is 27.8 Å². The van der Waals surface area contributed by atoms with Gasteiger partial charge in [0.25, 0.3) is 5.56 Å². The van der Waals surface area contributed by atoms with Gasteiger partial charge in [-0.3, -0.25) is 9.78 Å². The van der Waals surface area contributed by atoms with Gasteiger partial charge in [-0.15, -0.1) is 0 Å². The Balaban J connectivity index is 1.66. The zero-order valence-electron chi connectivity index (χ0n) is 15.9. The van der Waals surface area contributed by atoms with Crippen molar-refractivity contribution in [2.45, 2.75) is 27.4 Å². The SMILES string of the molecule is Cc1ccc2nc(C)cc(C(=O)OCc3nc4c(C)cccc4c(=O)[nH]3)c2c1. The average molecular weight is 373 g/mol. The molecule has 4 aromatic rings. The number of rotatable bonds is 3. The van der Waals surface area contributed by atoms with Gasteiger partial charge in [-0.2, -0.15) is 0 Å². The molecule has 140 valence electrons. The van der Waals surface area contributed by atoms with Crippen LogP contribution in [0.1, 0.15) is 33.0 Å². The zero-order valence-corrected chi connectivity index (χ0v) is 15.9. The van der Waals surface area contributed by atoms with E-state index in [0.29, 0.717) is 22.3 Å². The topological polar surface area (TPSA) is 84.9 Å². The molecule has 0 bridgehead atoms. The predicted octanol–water partition coefficient (Wildman–Crippen LogP) is 3.75. The van der Waals surface area contributed by atoms with Crippen molar-refractivity contribution in [2.24, 2.45) is 0 Å². The second-order valence-electron chi connectivity index (χ2n) is 6.89. The van der Waals surface area contributed by atoms with Crippen LogP contribution in [0.2, 0.25) is 0 Å². The number of nitrogens with one attached hydrogen (secondary N) is 1. The highest BCUT2D eigenvalue weighted by Crippen LogP contribution is 2.21. The number of benzene rings is 2. The Labute approximate surface area is 161 Å². The van der Waals surface area contributed by atoms with Crippen LogP contribution in [-0.2, 0) is 11.3 Å². The third-order valence-corrected chi connectivity index (χ3v) is 4.64. The van der Waals surface area contributed by atoms with E-state index in [9.17, 15) is 9.59 Å². The number of aromatic amines is 1. The molecule has 0 aliphatic rings. The smallest absolute Gasteiger partial charge is 0.339 e. The molecule has 4 rings (SSSR count). The Hall–Kier alpha value is -3.54. The maximum Gasteiger partial charge on any atom is 0.339 e. The van der Waals surface area contributed by atoms with Crippen LogP contribution in [0, 0.1) is 20.8 Å². The molecule has 0 amide bonds. The molecule has 28 heavy (non-hydrogen) atoms. The molecule has 0 atom stereocenters. The lowest BCUT2D eigenvalue weighted by Gasteiger charge is -2.10. The van der Waals surface area contributed by atoms with Crippen molar-refractivity contribution in [3.8, 4) is 0 Å². The molecular weight excluding hydrogens is 354 g/mol. The standard InChI is InChI=1S/C22H19N3O3/c1-12-7-8-18-16(9-12)17(10-14(3)23-18)22(27)28-11-19-24-20-13(2)5-4-6-15(20)21(26)25-19/h4-10H,11H2,1-3H3,(H,24,25,26). The van der Waals surface area contributed by atoms with Crippen molar-refractivity contribution < 1.29 is 9.53 Å². The summed E-state index contributed by atoms with van der Waals surface area (Å²) in [4.78, 5) is 36.6. The Bertz CT molecular complexity index is 1290. The highest BCUT2D eigenvalue weighted by molar-refractivity contribution is 6.03. The summed E-state index contributed by atoms with van der Waals surface area (Å²) < 4.78 is 5.46. The summed E-state index contributed by atoms with van der Waals surface area (Å²) in [7, 11) is 0. The summed E-state index contributed by atoms with van der Waals surface area (Å²) in [5, 5.41) is 1.26. The number of pyridine rings is 1. The van der Waals surface area contributed by atoms with Crippen LogP contribution in [0.5, 0.6) is 0 Å². The van der Waals surface area contributed by atoms with Gasteiger partial charge in [-0.25, -0.2) is 9.78 Å². The number of fused-ring (bicyclic) bond motifs is 2. The number of H-pyrrole nitrogens is 1. The van der Waals surface area contributed by atoms with Gasteiger partial charge in [0.05, 0.1) is 22.0 Å². The van der Waals surface area contributed by atoms with Gasteiger partial charge in [0.2, 0.25) is 0 Å². The van der Waals surface area contributed by atoms with Crippen LogP contribution in [0.4, 0.5) is 0 Å². The van der Waals surface area contributed by atoms with E-state index in [1.54, 1.807) is 12.1 Å². The van der Waals surface area contributed by atoms with Gasteiger partial charge >= 0.3 is 5.97 Å². The molecule has 0 fully saturated rings. The number of aromatic nitrogens is 3. The molecule has 0 spiro atoms. The van der Waals surface area contributed by atoms with Gasteiger partial charge in [0, 0.05) is 11.1 Å². The molecule has 0 aliphatic carbocycles. The number of hydrogen-bond acceptors (Lipinski definition) is 5. The second-order valence-corrected chi connectivity index (χ2v) is 6.89. The van der Waals surface area contributed by atoms with Crippen molar-refractivity contribution in [2.75, 3.05) is 0 Å². The van der Waals surface area contributed by atoms with Crippen LogP contribution in [-0.4, -0.2) is 20.9 Å². The van der Waals surface area contributed by atoms with Gasteiger partial charge in [0.15, 0.2) is 0 Å². The number of para-hydroxylation sites is 1. The molecule has 0 unspecified atom stereocenters. The molecule has 1 N–H and O–H groups in total. The largest absolute Gasteiger partial charge is 0.454 e. The van der Waals surface area contributed by atoms with E-state index < -0.39 is 5.97 Å². The minimum absolute atomic E-state index is 0.118. The Kier molecular flexibility index (Phi) is 4.39. The van der Waals surface area contributed by atoms with Crippen LogP contribution in [0.3, 0.4) is 0 Å². The number of hydrogen-bond donors (Lipinski definition) is 1. The molecule has 0 aliphatic heterocycles. The summed E-state index contributed by atoms with van der Waals surface area (Å²) in [5.41, 5.74) is 4.21. The van der Waals surface area contributed by atoms with E-state index in [-0.39, 0.29) is 12.2 Å². The highest BCUT2D eigenvalue weighted by Gasteiger charge is 2.15. The third-order valence-electron chi connectivity index (χ3n) is 4.64. The van der Waals surface area contributed by atoms with Gasteiger partial charge < -0.3 is 9.72 Å². The predicted molar refractivity (Wildman–Crippen MR) is 107 cm³/mol. The van der Waals surface area contributed by atoms with Crippen LogP contribution >= 0.6 is 0 Å². The highest BCUT2D eigenvalue weighted by atomic mass is 16.5. The molecule has 0 saturated heterocycles. The maximum atomic E-state index is 12.7. The van der Waals surface area contributed by atoms with Crippen molar-refractivity contribution in [1.82, 2.24) is 15.0 Å². The number of esters is 1. The second kappa shape index (κ2) is 6.88. The Morgan fingerprint density at radius 1 is 1.04 bits per heavy atom. The van der Waals surface area contributed by atoms with E-state index in [1.807, 2.05) is 51.1 Å². The molecular formula is C22H19N3O3. The van der Waals surface area contributed by atoms with E-state index in [2.05, 4.69) is 15.0 Å². The van der Waals surface area contributed by atoms with Gasteiger partial charge in [-0.1, -0.05) is 23.8 Å². The lowest BCUT2D eigenvalue weighted by atomic mass is 10.1. The first-order valence-electron chi connectivity index (χ1n) is 8.96. The summed E-state index contributed by atoms with van der Waals surface area (Å²) >= 11 is 0. The number of ether oxygens (including phenoxy) is 1. The van der Waals surface area contributed by atoms with Crippen LogP contribution in [0.25, 0.3) is 21.8 Å². The molecule has 2 aromatic carbocycles. The lowest BCUT2D eigenvalue weighted by Crippen LogP contribution is -2.15. The monoisotopic (exact) mass is 373 g/mol. The quantitative estimate of drug-likeness (QED) is 0.553. The summed E-state index contributed by atoms with van der Waals surface area (Å²) in [6.07, 6.45) is 0. The fourth-order valence-corrected chi connectivity index (χ4v) is 3.27. The Morgan fingerprint density at radius 2 is 1.86 bits per heavy atom. The summed E-state index contributed by atoms with van der Waals surface area (Å²) in [6, 6.07) is 12.9. The molecule has 6 nitrogen and oxygen atoms in total. The molecule has 0 saturated carbocycles. The fraction of sp³-hybridized carbons (Fsp3) is 0.182. The number of aryl methyl sites for hydroxylation is 3. The zero-order chi connectivity index (χ0) is 19.8. The normalized spacial score (nSPS) is 11.1. The molecule has 0 radical (unpaired) electrons. The summed E-state index contributed by atoms with van der Waals surface area (Å²) in [5.74, 6) is -0.167. The van der Waals surface area contributed by atoms with E-state index in [1.165, 1.54) is 0 Å². The van der Waals surface area contributed by atoms with E-state index >= 15 is 0 Å². The van der Waals surface area contributed by atoms with E-state index in [0.717, 1.165) is 27.7 Å². The minimum Gasteiger partial charge on any atom is -0.454 e. The van der Waals surface area contributed by atoms with E-state index in [4.69, 9.17) is 4.74 Å². The van der Waals surface area contributed by atoms with Crippen molar-refractivity contribution in [1.29, 1.82) is 0 Å². The Morgan fingerprint density at radius 3 is 2.68 bits per heavy atom. The summed E-state index contributed by atoms with van der Waals surface area (Å²) in [6.45, 7) is 5.56. The first kappa shape index (κ1) is 17.9. The lowest BCUT2D eigenvalue weighted by molar-refractivity contribution is 0.0464. The first-order chi connectivity index (χ1) is 13.4. The van der Waals surface area contributed by atoms with Crippen molar-refractivity contribution in [3.63, 3.8) is 0 Å². The molecule has 2 heterocycles. The number of carbonyl (C=O) groups is 1. The average Bonchev–Trinajstić information content (AvgIpc) is 2.66. The van der Waals surface area contributed by atoms with Crippen LogP contribution in [0.15, 0.2) is 47.3 Å². The number of carbonyl (C=O) groups excluding carboxylic acids is 1. The number of nitrogens with zero attached hydrogens (tertiary/aromatic N) is 2.